The van der Waals surface area contributed by atoms with Gasteiger partial charge >= 0.3 is 0 Å². The molecule has 4 rings (SSSR count). The lowest BCUT2D eigenvalue weighted by atomic mass is 9.89. The predicted octanol–water partition coefficient (Wildman–Crippen LogP) is 3.35. The van der Waals surface area contributed by atoms with Crippen LogP contribution < -0.4 is 16.0 Å². The highest BCUT2D eigenvalue weighted by molar-refractivity contribution is 5.93. The van der Waals surface area contributed by atoms with Gasteiger partial charge in [0.15, 0.2) is 0 Å². The zero-order valence-electron chi connectivity index (χ0n) is 16.1. The van der Waals surface area contributed by atoms with Crippen LogP contribution >= 0.6 is 0 Å². The van der Waals surface area contributed by atoms with E-state index in [-0.39, 0.29) is 6.54 Å². The molecule has 4 N–H and O–H groups in total. The lowest BCUT2D eigenvalue weighted by molar-refractivity contribution is 0.196. The molecule has 28 heavy (non-hydrogen) atoms. The quantitative estimate of drug-likeness (QED) is 0.615. The lowest BCUT2D eigenvalue weighted by Crippen LogP contribution is -2.33. The van der Waals surface area contributed by atoms with Crippen LogP contribution in [0.3, 0.4) is 0 Å². The molecule has 3 aromatic rings. The first-order valence-electron chi connectivity index (χ1n) is 10.1. The third-order valence-corrected chi connectivity index (χ3v) is 5.59. The minimum atomic E-state index is -0.558. The van der Waals surface area contributed by atoms with Gasteiger partial charge < -0.3 is 21.1 Å². The molecule has 5 heteroatoms. The third kappa shape index (κ3) is 4.11. The van der Waals surface area contributed by atoms with Crippen LogP contribution in [0.5, 0.6) is 0 Å². The number of aromatic nitrogens is 1. The van der Waals surface area contributed by atoms with Crippen LogP contribution in [0.4, 0.5) is 11.5 Å². The zero-order valence-corrected chi connectivity index (χ0v) is 16.1. The number of piperidine rings is 1. The topological polar surface area (TPSA) is 74.4 Å². The molecule has 0 radical (unpaired) electrons. The third-order valence-electron chi connectivity index (χ3n) is 5.59. The van der Waals surface area contributed by atoms with E-state index in [9.17, 15) is 5.11 Å². The smallest absolute Gasteiger partial charge is 0.131 e. The molecule has 1 atom stereocenters. The number of nitrogens with two attached hydrogens (primary N) is 1. The molecule has 1 aliphatic heterocycles. The van der Waals surface area contributed by atoms with Gasteiger partial charge in [-0.15, -0.1) is 0 Å². The number of hydrogen-bond acceptors (Lipinski definition) is 5. The highest BCUT2D eigenvalue weighted by Crippen LogP contribution is 2.32. The summed E-state index contributed by atoms with van der Waals surface area (Å²) in [5, 5.41) is 14.3. The fraction of sp³-hybridized carbons (Fsp3) is 0.348. The number of nitrogens with zero attached hydrogens (tertiary/aromatic N) is 2. The Bertz CT molecular complexity index is 907. The van der Waals surface area contributed by atoms with Crippen molar-refractivity contribution in [2.45, 2.75) is 24.9 Å². The van der Waals surface area contributed by atoms with Gasteiger partial charge in [-0.2, -0.15) is 0 Å². The maximum atomic E-state index is 9.83. The predicted molar refractivity (Wildman–Crippen MR) is 116 cm³/mol. The number of pyridine rings is 1. The molecule has 1 aromatic heterocycles. The fourth-order valence-corrected chi connectivity index (χ4v) is 3.95. The van der Waals surface area contributed by atoms with Crippen molar-refractivity contribution >= 4 is 22.4 Å². The van der Waals surface area contributed by atoms with E-state index in [1.165, 1.54) is 5.56 Å². The van der Waals surface area contributed by atoms with E-state index < -0.39 is 6.10 Å². The van der Waals surface area contributed by atoms with Crippen LogP contribution in [0.25, 0.3) is 10.9 Å². The van der Waals surface area contributed by atoms with Crippen LogP contribution in [-0.4, -0.2) is 42.4 Å². The summed E-state index contributed by atoms with van der Waals surface area (Å²) >= 11 is 0. The Morgan fingerprint density at radius 3 is 2.54 bits per heavy atom. The van der Waals surface area contributed by atoms with E-state index in [0.29, 0.717) is 12.5 Å². The molecule has 0 aliphatic carbocycles. The summed E-state index contributed by atoms with van der Waals surface area (Å²) in [6.07, 6.45) is 1.71. The van der Waals surface area contributed by atoms with E-state index in [0.717, 1.165) is 48.3 Å². The summed E-state index contributed by atoms with van der Waals surface area (Å²) in [5.41, 5.74) is 8.95. The van der Waals surface area contributed by atoms with Crippen molar-refractivity contribution in [3.63, 3.8) is 0 Å². The van der Waals surface area contributed by atoms with Crippen molar-refractivity contribution in [2.75, 3.05) is 36.4 Å². The largest absolute Gasteiger partial charge is 0.390 e. The second-order valence-corrected chi connectivity index (χ2v) is 7.49. The van der Waals surface area contributed by atoms with Crippen LogP contribution in [0.15, 0.2) is 60.7 Å². The van der Waals surface area contributed by atoms with E-state index >= 15 is 0 Å². The number of aliphatic hydroxyl groups excluding tert-OH is 1. The van der Waals surface area contributed by atoms with E-state index in [4.69, 9.17) is 10.7 Å². The van der Waals surface area contributed by atoms with Crippen LogP contribution in [0.2, 0.25) is 0 Å². The Morgan fingerprint density at radius 1 is 1.07 bits per heavy atom. The molecular weight excluding hydrogens is 348 g/mol. The van der Waals surface area contributed by atoms with Crippen molar-refractivity contribution in [3.05, 3.63) is 66.2 Å². The van der Waals surface area contributed by atoms with E-state index in [2.05, 4.69) is 52.7 Å². The molecule has 1 unspecified atom stereocenters. The van der Waals surface area contributed by atoms with Gasteiger partial charge in [0.2, 0.25) is 0 Å². The molecule has 1 aliphatic rings. The van der Waals surface area contributed by atoms with Gasteiger partial charge in [-0.05, 0) is 30.4 Å². The SMILES string of the molecule is NCC(O)CNc1cc(N2CCC(c3ccccc3)CC2)nc2ccccc12. The van der Waals surface area contributed by atoms with Crippen molar-refractivity contribution in [1.29, 1.82) is 0 Å². The second kappa shape index (κ2) is 8.59. The average Bonchev–Trinajstić information content (AvgIpc) is 2.77. The number of nitrogens with one attached hydrogen (secondary N) is 1. The summed E-state index contributed by atoms with van der Waals surface area (Å²) in [7, 11) is 0. The summed E-state index contributed by atoms with van der Waals surface area (Å²) in [6, 6.07) is 21.0. The first-order chi connectivity index (χ1) is 13.7. The molecule has 2 aromatic carbocycles. The van der Waals surface area contributed by atoms with Gasteiger partial charge in [-0.25, -0.2) is 4.98 Å². The highest BCUT2D eigenvalue weighted by Gasteiger charge is 2.22. The number of aliphatic hydroxyl groups is 1. The van der Waals surface area contributed by atoms with Crippen molar-refractivity contribution in [2.24, 2.45) is 5.73 Å². The molecule has 1 saturated heterocycles. The van der Waals surface area contributed by atoms with Gasteiger partial charge in [0, 0.05) is 43.3 Å². The molecule has 5 nitrogen and oxygen atoms in total. The molecular formula is C23H28N4O. The van der Waals surface area contributed by atoms with Crippen molar-refractivity contribution < 1.29 is 5.11 Å². The summed E-state index contributed by atoms with van der Waals surface area (Å²) < 4.78 is 0. The van der Waals surface area contributed by atoms with Crippen molar-refractivity contribution in [3.8, 4) is 0 Å². The van der Waals surface area contributed by atoms with Crippen LogP contribution in [-0.2, 0) is 0 Å². The monoisotopic (exact) mass is 376 g/mol. The van der Waals surface area contributed by atoms with Gasteiger partial charge in [-0.1, -0.05) is 48.5 Å². The maximum absolute atomic E-state index is 9.83. The number of anilines is 2. The van der Waals surface area contributed by atoms with Gasteiger partial charge in [0.25, 0.3) is 0 Å². The van der Waals surface area contributed by atoms with E-state index in [1.807, 2.05) is 18.2 Å². The summed E-state index contributed by atoms with van der Waals surface area (Å²) in [4.78, 5) is 7.27. The Kier molecular flexibility index (Phi) is 5.74. The lowest BCUT2D eigenvalue weighted by Gasteiger charge is -2.33. The molecule has 0 amide bonds. The number of rotatable bonds is 6. The molecule has 1 fully saturated rings. The van der Waals surface area contributed by atoms with Crippen LogP contribution in [0, 0.1) is 0 Å². The minimum absolute atomic E-state index is 0.246. The normalized spacial score (nSPS) is 16.3. The first kappa shape index (κ1) is 18.7. The Balaban J connectivity index is 1.54. The molecule has 2 heterocycles. The summed E-state index contributed by atoms with van der Waals surface area (Å²) in [6.45, 7) is 2.67. The standard InChI is InChI=1S/C23H28N4O/c24-15-19(28)16-25-22-14-23(26-21-9-5-4-8-20(21)22)27-12-10-18(11-13-27)17-6-2-1-3-7-17/h1-9,14,18-19,28H,10-13,15-16,24H2,(H,25,26). The highest BCUT2D eigenvalue weighted by atomic mass is 16.3. The minimum Gasteiger partial charge on any atom is -0.390 e. The van der Waals surface area contributed by atoms with Gasteiger partial charge in [-0.3, -0.25) is 0 Å². The Labute approximate surface area is 166 Å². The molecule has 0 bridgehead atoms. The van der Waals surface area contributed by atoms with E-state index in [1.54, 1.807) is 0 Å². The average molecular weight is 377 g/mol. The van der Waals surface area contributed by atoms with Crippen LogP contribution in [0.1, 0.15) is 24.3 Å². The number of para-hydroxylation sites is 1. The van der Waals surface area contributed by atoms with Gasteiger partial charge in [0.05, 0.1) is 11.6 Å². The Morgan fingerprint density at radius 2 is 1.79 bits per heavy atom. The van der Waals surface area contributed by atoms with Gasteiger partial charge in [0.1, 0.15) is 5.82 Å². The fourth-order valence-electron chi connectivity index (χ4n) is 3.95. The Hall–Kier alpha value is -2.63. The number of fused-ring (bicyclic) bond motifs is 1. The molecule has 146 valence electrons. The number of hydrogen-bond donors (Lipinski definition) is 3. The first-order valence-corrected chi connectivity index (χ1v) is 10.1. The number of benzene rings is 2. The summed E-state index contributed by atoms with van der Waals surface area (Å²) in [5.74, 6) is 1.62. The molecule has 0 spiro atoms. The second-order valence-electron chi connectivity index (χ2n) is 7.49. The molecule has 0 saturated carbocycles. The zero-order chi connectivity index (χ0) is 19.3. The van der Waals surface area contributed by atoms with Crippen molar-refractivity contribution in [1.82, 2.24) is 4.98 Å². The maximum Gasteiger partial charge on any atom is 0.131 e.